The SMILES string of the molecule is C=C(Nc1cc2cc(/C(=N/N)N(C)N)ccc2cn1)C1CCN(CC(C)C)CC1. The van der Waals surface area contributed by atoms with Gasteiger partial charge in [-0.15, -0.1) is 0 Å². The van der Waals surface area contributed by atoms with Gasteiger partial charge in [-0.05, 0) is 49.4 Å². The van der Waals surface area contributed by atoms with Gasteiger partial charge in [0, 0.05) is 42.4 Å². The minimum Gasteiger partial charge on any atom is -0.344 e. The predicted octanol–water partition coefficient (Wildman–Crippen LogP) is 2.95. The number of nitrogens with two attached hydrogens (primary N) is 2. The number of pyridine rings is 1. The highest BCUT2D eigenvalue weighted by Gasteiger charge is 2.22. The van der Waals surface area contributed by atoms with Crippen molar-refractivity contribution >= 4 is 22.4 Å². The number of nitrogens with one attached hydrogen (secondary N) is 1. The molecule has 0 amide bonds. The van der Waals surface area contributed by atoms with Crippen LogP contribution < -0.4 is 17.0 Å². The Morgan fingerprint density at radius 2 is 2.03 bits per heavy atom. The van der Waals surface area contributed by atoms with Gasteiger partial charge in [0.05, 0.1) is 0 Å². The number of amidine groups is 1. The molecular weight excluding hydrogens is 362 g/mol. The molecule has 1 fully saturated rings. The van der Waals surface area contributed by atoms with Crippen molar-refractivity contribution in [1.82, 2.24) is 14.9 Å². The Morgan fingerprint density at radius 3 is 2.66 bits per heavy atom. The van der Waals surface area contributed by atoms with Crippen molar-refractivity contribution < 1.29 is 0 Å². The molecular formula is C22H33N7. The zero-order valence-corrected chi connectivity index (χ0v) is 17.7. The summed E-state index contributed by atoms with van der Waals surface area (Å²) in [7, 11) is 1.71. The van der Waals surface area contributed by atoms with E-state index in [2.05, 4.69) is 40.7 Å². The van der Waals surface area contributed by atoms with Crippen molar-refractivity contribution in [3.8, 4) is 0 Å². The molecule has 2 heterocycles. The van der Waals surface area contributed by atoms with Gasteiger partial charge >= 0.3 is 0 Å². The monoisotopic (exact) mass is 395 g/mol. The molecule has 0 aliphatic carbocycles. The first-order valence-corrected chi connectivity index (χ1v) is 10.2. The summed E-state index contributed by atoms with van der Waals surface area (Å²) in [5.41, 5.74) is 1.90. The quantitative estimate of drug-likeness (QED) is 0.301. The number of nitrogens with zero attached hydrogens (tertiary/aromatic N) is 4. The maximum absolute atomic E-state index is 5.82. The Morgan fingerprint density at radius 1 is 1.31 bits per heavy atom. The van der Waals surface area contributed by atoms with Gasteiger partial charge in [-0.25, -0.2) is 10.8 Å². The lowest BCUT2D eigenvalue weighted by atomic mass is 9.93. The average Bonchev–Trinajstić information content (AvgIpc) is 2.68. The van der Waals surface area contributed by atoms with E-state index in [9.17, 15) is 0 Å². The molecule has 0 atom stereocenters. The summed E-state index contributed by atoms with van der Waals surface area (Å²) >= 11 is 0. The van der Waals surface area contributed by atoms with Crippen LogP contribution in [0.1, 0.15) is 32.3 Å². The van der Waals surface area contributed by atoms with Crippen LogP contribution in [0.25, 0.3) is 10.8 Å². The van der Waals surface area contributed by atoms with Crippen molar-refractivity contribution in [2.45, 2.75) is 26.7 Å². The molecule has 1 aromatic carbocycles. The van der Waals surface area contributed by atoms with E-state index in [1.165, 1.54) is 11.6 Å². The minimum absolute atomic E-state index is 0.476. The Kier molecular flexibility index (Phi) is 6.71. The van der Waals surface area contributed by atoms with Crippen LogP contribution in [-0.2, 0) is 0 Å². The lowest BCUT2D eigenvalue weighted by molar-refractivity contribution is 0.181. The molecule has 1 saturated heterocycles. The van der Waals surface area contributed by atoms with Gasteiger partial charge in [-0.2, -0.15) is 5.10 Å². The molecule has 1 aromatic heterocycles. The number of hydrazone groups is 1. The van der Waals surface area contributed by atoms with E-state index in [-0.39, 0.29) is 0 Å². The average molecular weight is 396 g/mol. The number of piperidine rings is 1. The third-order valence-electron chi connectivity index (χ3n) is 5.43. The molecule has 3 rings (SSSR count). The maximum atomic E-state index is 5.82. The van der Waals surface area contributed by atoms with Gasteiger partial charge in [0.2, 0.25) is 0 Å². The first-order valence-electron chi connectivity index (χ1n) is 10.2. The topological polar surface area (TPSA) is 95.8 Å². The summed E-state index contributed by atoms with van der Waals surface area (Å²) in [6, 6.07) is 7.98. The third kappa shape index (κ3) is 5.25. The number of benzene rings is 1. The van der Waals surface area contributed by atoms with Crippen LogP contribution in [0.4, 0.5) is 5.82 Å². The van der Waals surface area contributed by atoms with Gasteiger partial charge in [0.1, 0.15) is 5.82 Å². The number of hydrazine groups is 1. The van der Waals surface area contributed by atoms with Crippen LogP contribution in [0.2, 0.25) is 0 Å². The lowest BCUT2D eigenvalue weighted by Gasteiger charge is -2.34. The molecule has 7 heteroatoms. The molecule has 7 nitrogen and oxygen atoms in total. The second-order valence-electron chi connectivity index (χ2n) is 8.31. The largest absolute Gasteiger partial charge is 0.344 e. The lowest BCUT2D eigenvalue weighted by Crippen LogP contribution is -2.37. The molecule has 0 saturated carbocycles. The van der Waals surface area contributed by atoms with Gasteiger partial charge in [-0.1, -0.05) is 32.6 Å². The number of aromatic nitrogens is 1. The highest BCUT2D eigenvalue weighted by Crippen LogP contribution is 2.26. The van der Waals surface area contributed by atoms with Crippen molar-refractivity contribution in [2.75, 3.05) is 32.0 Å². The van der Waals surface area contributed by atoms with Crippen molar-refractivity contribution in [2.24, 2.45) is 28.6 Å². The van der Waals surface area contributed by atoms with Crippen molar-refractivity contribution in [3.63, 3.8) is 0 Å². The second kappa shape index (κ2) is 9.24. The van der Waals surface area contributed by atoms with E-state index in [1.54, 1.807) is 7.05 Å². The minimum atomic E-state index is 0.476. The Bertz CT molecular complexity index is 880. The van der Waals surface area contributed by atoms with Crippen LogP contribution in [0.15, 0.2) is 47.8 Å². The molecule has 1 aliphatic heterocycles. The van der Waals surface area contributed by atoms with Crippen molar-refractivity contribution in [3.05, 3.63) is 48.3 Å². The number of hydrogen-bond acceptors (Lipinski definition) is 6. The summed E-state index contributed by atoms with van der Waals surface area (Å²) in [5.74, 6) is 13.8. The van der Waals surface area contributed by atoms with Crippen LogP contribution in [0.3, 0.4) is 0 Å². The zero-order valence-electron chi connectivity index (χ0n) is 17.7. The van der Waals surface area contributed by atoms with Crippen molar-refractivity contribution in [1.29, 1.82) is 0 Å². The zero-order chi connectivity index (χ0) is 21.0. The Hall–Kier alpha value is -2.64. The van der Waals surface area contributed by atoms with E-state index in [0.717, 1.165) is 53.8 Å². The normalized spacial score (nSPS) is 16.4. The molecule has 156 valence electrons. The summed E-state index contributed by atoms with van der Waals surface area (Å²) in [6.45, 7) is 12.3. The second-order valence-corrected chi connectivity index (χ2v) is 8.31. The number of rotatable bonds is 6. The van der Waals surface area contributed by atoms with Gasteiger partial charge in [-0.3, -0.25) is 5.01 Å². The summed E-state index contributed by atoms with van der Waals surface area (Å²) in [6.07, 6.45) is 4.14. The molecule has 29 heavy (non-hydrogen) atoms. The van der Waals surface area contributed by atoms with E-state index >= 15 is 0 Å². The van der Waals surface area contributed by atoms with Crippen LogP contribution in [0, 0.1) is 11.8 Å². The van der Waals surface area contributed by atoms with E-state index in [1.807, 2.05) is 30.5 Å². The first kappa shape index (κ1) is 21.1. The molecule has 5 N–H and O–H groups in total. The van der Waals surface area contributed by atoms with Crippen LogP contribution in [0.5, 0.6) is 0 Å². The molecule has 0 bridgehead atoms. The Labute approximate surface area is 173 Å². The summed E-state index contributed by atoms with van der Waals surface area (Å²) in [5, 5.41) is 10.7. The molecule has 2 aromatic rings. The fourth-order valence-corrected chi connectivity index (χ4v) is 3.96. The number of allylic oxidation sites excluding steroid dienone is 1. The maximum Gasteiger partial charge on any atom is 0.169 e. The number of anilines is 1. The van der Waals surface area contributed by atoms with E-state index in [4.69, 9.17) is 11.7 Å². The number of fused-ring (bicyclic) bond motifs is 1. The van der Waals surface area contributed by atoms with Crippen LogP contribution >= 0.6 is 0 Å². The van der Waals surface area contributed by atoms with Crippen LogP contribution in [-0.4, -0.2) is 47.4 Å². The van der Waals surface area contributed by atoms with E-state index in [0.29, 0.717) is 17.7 Å². The standard InChI is InChI=1S/C22H33N7/c1-15(2)14-29-9-7-17(8-10-29)16(3)26-21-12-20-11-18(22(27-23)28(4)24)5-6-19(20)13-25-21/h5-6,11-13,15,17H,3,7-10,14,23-24H2,1-2,4H3,(H,25,26)/b27-22-. The highest BCUT2D eigenvalue weighted by molar-refractivity contribution is 6.01. The van der Waals surface area contributed by atoms with Gasteiger partial charge < -0.3 is 16.1 Å². The highest BCUT2D eigenvalue weighted by atomic mass is 15.4. The molecule has 1 aliphatic rings. The molecule has 0 spiro atoms. The smallest absolute Gasteiger partial charge is 0.169 e. The Balaban J connectivity index is 1.69. The first-order chi connectivity index (χ1) is 13.9. The molecule has 0 radical (unpaired) electrons. The number of likely N-dealkylation sites (tertiary alicyclic amines) is 1. The van der Waals surface area contributed by atoms with Gasteiger partial charge in [0.15, 0.2) is 5.84 Å². The fourth-order valence-electron chi connectivity index (χ4n) is 3.96. The number of hydrogen-bond donors (Lipinski definition) is 3. The fraction of sp³-hybridized carbons (Fsp3) is 0.455. The molecule has 0 unspecified atom stereocenters. The third-order valence-corrected chi connectivity index (χ3v) is 5.43. The van der Waals surface area contributed by atoms with E-state index < -0.39 is 0 Å². The summed E-state index contributed by atoms with van der Waals surface area (Å²) in [4.78, 5) is 7.10. The summed E-state index contributed by atoms with van der Waals surface area (Å²) < 4.78 is 0. The predicted molar refractivity (Wildman–Crippen MR) is 121 cm³/mol. The van der Waals surface area contributed by atoms with Gasteiger partial charge in [0.25, 0.3) is 0 Å².